The van der Waals surface area contributed by atoms with Crippen molar-refractivity contribution in [1.82, 2.24) is 10.4 Å². The maximum absolute atomic E-state index is 4.23. The molecule has 0 saturated heterocycles. The normalized spacial score (nSPS) is 10.7. The number of pyridine rings is 1. The monoisotopic (exact) mass is 240 g/mol. The van der Waals surface area contributed by atoms with Crippen LogP contribution in [0.2, 0.25) is 0 Å². The number of hydrogen-bond acceptors (Lipinski definition) is 3. The Kier molecular flexibility index (Phi) is 4.41. The first-order valence-corrected chi connectivity index (χ1v) is 5.95. The van der Waals surface area contributed by atoms with Crippen LogP contribution < -0.4 is 5.43 Å². The first-order valence-electron chi connectivity index (χ1n) is 5.95. The van der Waals surface area contributed by atoms with Crippen LogP contribution in [0.3, 0.4) is 0 Å². The molecular weight excluding hydrogens is 224 g/mol. The first-order chi connectivity index (χ1) is 8.84. The first kappa shape index (κ1) is 12.2. The van der Waals surface area contributed by atoms with E-state index in [4.69, 9.17) is 0 Å². The molecule has 0 unspecified atom stereocenters. The van der Waals surface area contributed by atoms with Gasteiger partial charge in [-0.05, 0) is 31.2 Å². The number of hydrogen-bond donors (Lipinski definition) is 1. The minimum atomic E-state index is 0.729. The van der Waals surface area contributed by atoms with Gasteiger partial charge in [0.15, 0.2) is 0 Å². The van der Waals surface area contributed by atoms with E-state index in [2.05, 4.69) is 20.7 Å². The van der Waals surface area contributed by atoms with E-state index in [0.29, 0.717) is 0 Å². The molecule has 1 aromatic heterocycles. The van der Waals surface area contributed by atoms with E-state index in [1.165, 1.54) is 5.56 Å². The van der Waals surface area contributed by atoms with Crippen LogP contribution in [0, 0.1) is 6.92 Å². The maximum atomic E-state index is 4.23. The summed E-state index contributed by atoms with van der Waals surface area (Å²) < 4.78 is 0. The molecule has 1 heterocycles. The fourth-order valence-corrected chi connectivity index (χ4v) is 1.48. The van der Waals surface area contributed by atoms with Gasteiger partial charge in [0.25, 0.3) is 0 Å². The van der Waals surface area contributed by atoms with Gasteiger partial charge in [-0.15, -0.1) is 5.11 Å². The number of rotatable bonds is 5. The van der Waals surface area contributed by atoms with Crippen molar-refractivity contribution >= 4 is 5.69 Å². The minimum Gasteiger partial charge on any atom is -0.291 e. The van der Waals surface area contributed by atoms with Gasteiger partial charge in [0.05, 0.1) is 5.69 Å². The molecule has 1 N–H and O–H groups in total. The van der Waals surface area contributed by atoms with Gasteiger partial charge in [-0.1, -0.05) is 29.0 Å². The molecule has 1 aromatic carbocycles. The van der Waals surface area contributed by atoms with Crippen molar-refractivity contribution in [2.45, 2.75) is 13.3 Å². The van der Waals surface area contributed by atoms with Gasteiger partial charge < -0.3 is 0 Å². The third-order valence-corrected chi connectivity index (χ3v) is 2.49. The van der Waals surface area contributed by atoms with E-state index in [1.807, 2.05) is 49.4 Å². The molecule has 0 saturated carbocycles. The van der Waals surface area contributed by atoms with Gasteiger partial charge in [-0.3, -0.25) is 10.4 Å². The highest BCUT2D eigenvalue weighted by atomic mass is 15.4. The summed E-state index contributed by atoms with van der Waals surface area (Å²) in [5, 5.41) is 8.01. The number of benzene rings is 1. The Morgan fingerprint density at radius 2 is 1.94 bits per heavy atom. The highest BCUT2D eigenvalue weighted by Gasteiger charge is 1.91. The Morgan fingerprint density at radius 3 is 2.67 bits per heavy atom. The zero-order valence-corrected chi connectivity index (χ0v) is 10.4. The lowest BCUT2D eigenvalue weighted by molar-refractivity contribution is 0.684. The Bertz CT molecular complexity index is 491. The number of aromatic nitrogens is 1. The fourth-order valence-electron chi connectivity index (χ4n) is 1.48. The van der Waals surface area contributed by atoms with Crippen LogP contribution >= 0.6 is 0 Å². The summed E-state index contributed by atoms with van der Waals surface area (Å²) in [6.45, 7) is 2.78. The average molecular weight is 240 g/mol. The van der Waals surface area contributed by atoms with Crippen LogP contribution in [0.5, 0.6) is 0 Å². The molecule has 0 bridgehead atoms. The van der Waals surface area contributed by atoms with Gasteiger partial charge in [-0.25, -0.2) is 0 Å². The van der Waals surface area contributed by atoms with Gasteiger partial charge in [0, 0.05) is 24.9 Å². The molecule has 0 spiro atoms. The molecular formula is C14H16N4. The van der Waals surface area contributed by atoms with Gasteiger partial charge in [0.1, 0.15) is 0 Å². The lowest BCUT2D eigenvalue weighted by Gasteiger charge is -1.99. The zero-order valence-electron chi connectivity index (χ0n) is 10.4. The molecule has 92 valence electrons. The molecule has 2 aromatic rings. The summed E-state index contributed by atoms with van der Waals surface area (Å²) in [7, 11) is 0. The predicted octanol–water partition coefficient (Wildman–Crippen LogP) is 3.22. The minimum absolute atomic E-state index is 0.729. The zero-order chi connectivity index (χ0) is 12.6. The third kappa shape index (κ3) is 3.97. The Balaban J connectivity index is 1.74. The van der Waals surface area contributed by atoms with E-state index in [-0.39, 0.29) is 0 Å². The number of nitrogens with zero attached hydrogens (tertiary/aromatic N) is 3. The predicted molar refractivity (Wildman–Crippen MR) is 71.6 cm³/mol. The van der Waals surface area contributed by atoms with E-state index in [1.54, 1.807) is 6.20 Å². The second kappa shape index (κ2) is 6.49. The Morgan fingerprint density at radius 1 is 1.11 bits per heavy atom. The summed E-state index contributed by atoms with van der Waals surface area (Å²) in [4.78, 5) is 4.23. The van der Waals surface area contributed by atoms with Crippen molar-refractivity contribution in [1.29, 1.82) is 0 Å². The quantitative estimate of drug-likeness (QED) is 0.495. The number of aryl methyl sites for hydroxylation is 1. The van der Waals surface area contributed by atoms with E-state index < -0.39 is 0 Å². The molecule has 2 rings (SSSR count). The molecule has 4 nitrogen and oxygen atoms in total. The van der Waals surface area contributed by atoms with Crippen LogP contribution in [0.1, 0.15) is 11.3 Å². The summed E-state index contributed by atoms with van der Waals surface area (Å²) in [5.74, 6) is 0. The smallest absolute Gasteiger partial charge is 0.0874 e. The standard InChI is InChI=1S/C14H16N4/c1-12-5-7-14(8-6-12)17-18-16-11-9-13-4-2-3-10-15-13/h2-8,10H,9,11H2,1H3,(H,16,17). The lowest BCUT2D eigenvalue weighted by atomic mass is 10.2. The summed E-state index contributed by atoms with van der Waals surface area (Å²) in [6, 6.07) is 13.8. The van der Waals surface area contributed by atoms with Crippen LogP contribution in [0.25, 0.3) is 0 Å². The highest BCUT2D eigenvalue weighted by Crippen LogP contribution is 2.11. The van der Waals surface area contributed by atoms with Gasteiger partial charge >= 0.3 is 0 Å². The topological polar surface area (TPSA) is 49.6 Å². The van der Waals surface area contributed by atoms with E-state index in [9.17, 15) is 0 Å². The lowest BCUT2D eigenvalue weighted by Crippen LogP contribution is -2.09. The van der Waals surface area contributed by atoms with E-state index >= 15 is 0 Å². The van der Waals surface area contributed by atoms with E-state index in [0.717, 1.165) is 24.3 Å². The second-order valence-corrected chi connectivity index (χ2v) is 4.01. The summed E-state index contributed by atoms with van der Waals surface area (Å²) in [5.41, 5.74) is 6.04. The van der Waals surface area contributed by atoms with Crippen LogP contribution in [-0.4, -0.2) is 11.5 Å². The molecule has 0 radical (unpaired) electrons. The van der Waals surface area contributed by atoms with Gasteiger partial charge in [-0.2, -0.15) is 0 Å². The molecule has 0 aliphatic rings. The molecule has 0 amide bonds. The van der Waals surface area contributed by atoms with Crippen LogP contribution in [0.4, 0.5) is 5.69 Å². The van der Waals surface area contributed by atoms with Crippen LogP contribution in [-0.2, 0) is 6.42 Å². The van der Waals surface area contributed by atoms with Crippen molar-refractivity contribution in [3.8, 4) is 0 Å². The molecule has 0 fully saturated rings. The summed E-state index contributed by atoms with van der Waals surface area (Å²) in [6.07, 6.45) is 2.64. The fraction of sp³-hybridized carbons (Fsp3) is 0.214. The highest BCUT2D eigenvalue weighted by molar-refractivity contribution is 5.37. The Labute approximate surface area is 107 Å². The summed E-state index contributed by atoms with van der Waals surface area (Å²) >= 11 is 0. The second-order valence-electron chi connectivity index (χ2n) is 4.01. The SMILES string of the molecule is Cc1ccc(/N=N\NCCc2ccccn2)cc1. The van der Waals surface area contributed by atoms with Crippen LogP contribution in [0.15, 0.2) is 59.0 Å². The third-order valence-electron chi connectivity index (χ3n) is 2.49. The molecule has 18 heavy (non-hydrogen) atoms. The van der Waals surface area contributed by atoms with Gasteiger partial charge in [0.2, 0.25) is 0 Å². The maximum Gasteiger partial charge on any atom is 0.0874 e. The molecule has 4 heteroatoms. The number of nitrogens with one attached hydrogen (secondary N) is 1. The largest absolute Gasteiger partial charge is 0.291 e. The molecule has 0 aliphatic carbocycles. The van der Waals surface area contributed by atoms with Crippen molar-refractivity contribution < 1.29 is 0 Å². The van der Waals surface area contributed by atoms with Crippen molar-refractivity contribution in [2.75, 3.05) is 6.54 Å². The Hall–Kier alpha value is -2.23. The van der Waals surface area contributed by atoms with Crippen molar-refractivity contribution in [2.24, 2.45) is 10.3 Å². The molecule has 0 aliphatic heterocycles. The van der Waals surface area contributed by atoms with Crippen molar-refractivity contribution in [3.05, 3.63) is 59.9 Å². The van der Waals surface area contributed by atoms with Crippen molar-refractivity contribution in [3.63, 3.8) is 0 Å². The average Bonchev–Trinajstić information content (AvgIpc) is 2.42. The molecule has 0 atom stereocenters.